The van der Waals surface area contributed by atoms with Crippen molar-refractivity contribution >= 4 is 16.5 Å². The van der Waals surface area contributed by atoms with Crippen LogP contribution in [-0.4, -0.2) is 11.0 Å². The van der Waals surface area contributed by atoms with Crippen LogP contribution in [0.5, 0.6) is 0 Å². The van der Waals surface area contributed by atoms with E-state index in [2.05, 4.69) is 63.7 Å². The third kappa shape index (κ3) is 3.46. The van der Waals surface area contributed by atoms with Crippen LogP contribution < -0.4 is 0 Å². The van der Waals surface area contributed by atoms with Crippen molar-refractivity contribution in [1.29, 1.82) is 0 Å². The lowest BCUT2D eigenvalue weighted by Crippen LogP contribution is -1.83. The fraction of sp³-hybridized carbons (Fsp3) is 0.167. The molecule has 0 atom stereocenters. The number of nitrogens with zero attached hydrogens (tertiary/aromatic N) is 3. The highest BCUT2D eigenvalue weighted by Gasteiger charge is 2.05. The van der Waals surface area contributed by atoms with Crippen molar-refractivity contribution in [2.24, 2.45) is 10.2 Å². The third-order valence-electron chi connectivity index (χ3n) is 3.15. The molecule has 1 heterocycles. The highest BCUT2D eigenvalue weighted by Crippen LogP contribution is 2.29. The van der Waals surface area contributed by atoms with Gasteiger partial charge in [0.15, 0.2) is 0 Å². The highest BCUT2D eigenvalue weighted by molar-refractivity contribution is 7.13. The highest BCUT2D eigenvalue weighted by atomic mass is 32.1. The van der Waals surface area contributed by atoms with Crippen molar-refractivity contribution in [3.63, 3.8) is 0 Å². The second-order valence-electron chi connectivity index (χ2n) is 5.27. The Morgan fingerprint density at radius 1 is 0.864 bits per heavy atom. The SMILES string of the molecule is CC(C)N=Nc1nc(-c2ccc(-c3ccccc3)cc2)cs1. The Balaban J connectivity index is 1.81. The van der Waals surface area contributed by atoms with Crippen molar-refractivity contribution in [1.82, 2.24) is 4.98 Å². The van der Waals surface area contributed by atoms with Crippen LogP contribution in [0.15, 0.2) is 70.2 Å². The monoisotopic (exact) mass is 307 g/mol. The van der Waals surface area contributed by atoms with Gasteiger partial charge in [-0.05, 0) is 25.0 Å². The fourth-order valence-electron chi connectivity index (χ4n) is 2.07. The minimum absolute atomic E-state index is 0.192. The summed E-state index contributed by atoms with van der Waals surface area (Å²) in [4.78, 5) is 4.51. The van der Waals surface area contributed by atoms with Crippen molar-refractivity contribution < 1.29 is 0 Å². The van der Waals surface area contributed by atoms with Crippen molar-refractivity contribution in [2.75, 3.05) is 0 Å². The lowest BCUT2D eigenvalue weighted by molar-refractivity contribution is 0.778. The molecule has 22 heavy (non-hydrogen) atoms. The van der Waals surface area contributed by atoms with Gasteiger partial charge in [-0.1, -0.05) is 54.6 Å². The molecule has 1 aromatic heterocycles. The number of hydrogen-bond acceptors (Lipinski definition) is 4. The Morgan fingerprint density at radius 2 is 1.50 bits per heavy atom. The van der Waals surface area contributed by atoms with Gasteiger partial charge >= 0.3 is 0 Å². The number of hydrogen-bond donors (Lipinski definition) is 0. The zero-order valence-electron chi connectivity index (χ0n) is 12.6. The minimum Gasteiger partial charge on any atom is -0.217 e. The van der Waals surface area contributed by atoms with Crippen LogP contribution in [0.4, 0.5) is 5.13 Å². The van der Waals surface area contributed by atoms with Gasteiger partial charge in [0.2, 0.25) is 5.13 Å². The number of rotatable bonds is 4. The molecule has 2 aromatic carbocycles. The molecular weight excluding hydrogens is 290 g/mol. The molecule has 0 aliphatic heterocycles. The first kappa shape index (κ1) is 14.6. The molecular formula is C18H17N3S. The summed E-state index contributed by atoms with van der Waals surface area (Å²) in [5.74, 6) is 0. The number of thiazole rings is 1. The zero-order valence-corrected chi connectivity index (χ0v) is 13.4. The summed E-state index contributed by atoms with van der Waals surface area (Å²) < 4.78 is 0. The molecule has 0 fully saturated rings. The molecule has 0 saturated heterocycles. The quantitative estimate of drug-likeness (QED) is 0.547. The molecule has 0 radical (unpaired) electrons. The summed E-state index contributed by atoms with van der Waals surface area (Å²) in [7, 11) is 0. The maximum Gasteiger partial charge on any atom is 0.230 e. The molecule has 0 aliphatic carbocycles. The molecule has 3 nitrogen and oxygen atoms in total. The van der Waals surface area contributed by atoms with Crippen molar-refractivity contribution in [3.05, 3.63) is 60.0 Å². The van der Waals surface area contributed by atoms with E-state index in [0.717, 1.165) is 11.3 Å². The van der Waals surface area contributed by atoms with E-state index < -0.39 is 0 Å². The summed E-state index contributed by atoms with van der Waals surface area (Å²) in [5.41, 5.74) is 4.47. The number of aromatic nitrogens is 1. The van der Waals surface area contributed by atoms with E-state index in [4.69, 9.17) is 0 Å². The smallest absolute Gasteiger partial charge is 0.217 e. The predicted octanol–water partition coefficient (Wildman–Crippen LogP) is 5.97. The standard InChI is InChI=1S/C18H17N3S/c1-13(2)20-21-18-19-17(12-22-18)16-10-8-15(9-11-16)14-6-4-3-5-7-14/h3-13H,1-2H3. The van der Waals surface area contributed by atoms with Crippen molar-refractivity contribution in [2.45, 2.75) is 19.9 Å². The van der Waals surface area contributed by atoms with E-state index in [0.29, 0.717) is 5.13 Å². The maximum absolute atomic E-state index is 4.51. The van der Waals surface area contributed by atoms with E-state index >= 15 is 0 Å². The molecule has 3 aromatic rings. The van der Waals surface area contributed by atoms with Gasteiger partial charge in [0, 0.05) is 10.9 Å². The number of benzene rings is 2. The first-order chi connectivity index (χ1) is 10.7. The summed E-state index contributed by atoms with van der Waals surface area (Å²) in [6.07, 6.45) is 0. The number of azo groups is 1. The van der Waals surface area contributed by atoms with Crippen LogP contribution in [0.3, 0.4) is 0 Å². The Morgan fingerprint density at radius 3 is 2.18 bits per heavy atom. The largest absolute Gasteiger partial charge is 0.230 e. The summed E-state index contributed by atoms with van der Waals surface area (Å²) >= 11 is 1.52. The van der Waals surface area contributed by atoms with E-state index in [-0.39, 0.29) is 6.04 Å². The van der Waals surface area contributed by atoms with Gasteiger partial charge in [0.1, 0.15) is 0 Å². The van der Waals surface area contributed by atoms with E-state index in [9.17, 15) is 0 Å². The molecule has 0 spiro atoms. The van der Waals surface area contributed by atoms with Crippen molar-refractivity contribution in [3.8, 4) is 22.4 Å². The molecule has 0 amide bonds. The summed E-state index contributed by atoms with van der Waals surface area (Å²) in [6.45, 7) is 4.00. The lowest BCUT2D eigenvalue weighted by Gasteiger charge is -2.02. The second-order valence-corrected chi connectivity index (χ2v) is 6.10. The van der Waals surface area contributed by atoms with Crippen LogP contribution in [0.2, 0.25) is 0 Å². The van der Waals surface area contributed by atoms with Gasteiger partial charge < -0.3 is 0 Å². The van der Waals surface area contributed by atoms with Crippen LogP contribution in [0.1, 0.15) is 13.8 Å². The van der Waals surface area contributed by atoms with Gasteiger partial charge in [0.25, 0.3) is 0 Å². The first-order valence-corrected chi connectivity index (χ1v) is 8.12. The van der Waals surface area contributed by atoms with Crippen LogP contribution >= 0.6 is 11.3 Å². The van der Waals surface area contributed by atoms with E-state index in [1.54, 1.807) is 0 Å². The van der Waals surface area contributed by atoms with Gasteiger partial charge in [-0.25, -0.2) is 4.98 Å². The maximum atomic E-state index is 4.51. The minimum atomic E-state index is 0.192. The fourth-order valence-corrected chi connectivity index (χ4v) is 2.72. The molecule has 110 valence electrons. The third-order valence-corrected chi connectivity index (χ3v) is 3.88. The van der Waals surface area contributed by atoms with Crippen LogP contribution in [0.25, 0.3) is 22.4 Å². The molecule has 0 aliphatic rings. The zero-order chi connectivity index (χ0) is 15.4. The molecule has 3 rings (SSSR count). The molecule has 0 saturated carbocycles. The molecule has 0 bridgehead atoms. The van der Waals surface area contributed by atoms with Gasteiger partial charge in [0.05, 0.1) is 11.7 Å². The average molecular weight is 307 g/mol. The molecule has 4 heteroatoms. The predicted molar refractivity (Wildman–Crippen MR) is 92.6 cm³/mol. The second kappa shape index (κ2) is 6.62. The lowest BCUT2D eigenvalue weighted by atomic mass is 10.0. The van der Waals surface area contributed by atoms with Gasteiger partial charge in [-0.15, -0.1) is 16.5 Å². The Bertz CT molecular complexity index is 759. The van der Waals surface area contributed by atoms with E-state index in [1.807, 2.05) is 25.3 Å². The van der Waals surface area contributed by atoms with Gasteiger partial charge in [-0.3, -0.25) is 0 Å². The van der Waals surface area contributed by atoms with Gasteiger partial charge in [-0.2, -0.15) is 5.11 Å². The average Bonchev–Trinajstić information content (AvgIpc) is 3.03. The molecule has 0 N–H and O–H groups in total. The Hall–Kier alpha value is -2.33. The first-order valence-electron chi connectivity index (χ1n) is 7.24. The normalized spacial score (nSPS) is 11.4. The Labute approximate surface area is 134 Å². The summed E-state index contributed by atoms with van der Waals surface area (Å²) in [5, 5.41) is 11.0. The van der Waals surface area contributed by atoms with Crippen LogP contribution in [0, 0.1) is 0 Å². The summed E-state index contributed by atoms with van der Waals surface area (Å²) in [6, 6.07) is 19.0. The topological polar surface area (TPSA) is 37.6 Å². The molecule has 0 unspecified atom stereocenters. The van der Waals surface area contributed by atoms with Crippen LogP contribution in [-0.2, 0) is 0 Å². The van der Waals surface area contributed by atoms with E-state index in [1.165, 1.54) is 22.5 Å². The Kier molecular flexibility index (Phi) is 4.39.